The molecule has 5 heteroatoms. The van der Waals surface area contributed by atoms with E-state index in [2.05, 4.69) is 5.32 Å². The number of piperazine rings is 1. The summed E-state index contributed by atoms with van der Waals surface area (Å²) >= 11 is 0. The smallest absolute Gasteiger partial charge is 0.312 e. The van der Waals surface area contributed by atoms with Crippen LogP contribution in [0.5, 0.6) is 0 Å². The zero-order valence-corrected chi connectivity index (χ0v) is 9.36. The Bertz CT molecular complexity index is 263. The van der Waals surface area contributed by atoms with E-state index in [1.54, 1.807) is 6.92 Å². The maximum Gasteiger partial charge on any atom is 0.312 e. The van der Waals surface area contributed by atoms with Crippen LogP contribution in [0.4, 0.5) is 0 Å². The Morgan fingerprint density at radius 2 is 2.07 bits per heavy atom. The molecule has 1 fully saturated rings. The van der Waals surface area contributed by atoms with Gasteiger partial charge in [0.15, 0.2) is 0 Å². The summed E-state index contributed by atoms with van der Waals surface area (Å²) in [7, 11) is 0. The summed E-state index contributed by atoms with van der Waals surface area (Å²) in [6.45, 7) is 6.27. The molecule has 1 heterocycles. The number of nitrogens with one attached hydrogen (secondary N) is 1. The number of hydrogen-bond donors (Lipinski definition) is 2. The number of carbonyl (C=O) groups is 2. The number of β-amino-alcohol motifs (C(OH)–C–C–N with tert-alkyl or cyclic N) is 1. The minimum atomic E-state index is -0.610. The van der Waals surface area contributed by atoms with Gasteiger partial charge in [-0.3, -0.25) is 9.59 Å². The van der Waals surface area contributed by atoms with Crippen LogP contribution in [0.3, 0.4) is 0 Å². The fourth-order valence-corrected chi connectivity index (χ4v) is 1.76. The Labute approximate surface area is 89.4 Å². The molecule has 86 valence electrons. The second-order valence-electron chi connectivity index (χ2n) is 4.33. The monoisotopic (exact) mass is 214 g/mol. The van der Waals surface area contributed by atoms with E-state index in [0.29, 0.717) is 6.54 Å². The molecule has 1 aliphatic heterocycles. The minimum absolute atomic E-state index is 0.0233. The maximum absolute atomic E-state index is 11.6. The lowest BCUT2D eigenvalue weighted by Crippen LogP contribution is -2.60. The fourth-order valence-electron chi connectivity index (χ4n) is 1.76. The molecule has 2 atom stereocenters. The van der Waals surface area contributed by atoms with Crippen molar-refractivity contribution in [3.8, 4) is 0 Å². The third-order valence-electron chi connectivity index (χ3n) is 2.56. The van der Waals surface area contributed by atoms with Crippen molar-refractivity contribution in [1.82, 2.24) is 10.2 Å². The molecule has 0 spiro atoms. The molecule has 1 aliphatic rings. The highest BCUT2D eigenvalue weighted by molar-refractivity contribution is 6.35. The van der Waals surface area contributed by atoms with Crippen LogP contribution < -0.4 is 5.32 Å². The predicted octanol–water partition coefficient (Wildman–Crippen LogP) is -0.650. The highest BCUT2D eigenvalue weighted by Gasteiger charge is 2.35. The normalized spacial score (nSPS) is 24.3. The lowest BCUT2D eigenvalue weighted by atomic mass is 10.00. The van der Waals surface area contributed by atoms with Crippen LogP contribution >= 0.6 is 0 Å². The molecule has 5 nitrogen and oxygen atoms in total. The van der Waals surface area contributed by atoms with Crippen molar-refractivity contribution in [1.29, 1.82) is 0 Å². The Balaban J connectivity index is 2.79. The zero-order chi connectivity index (χ0) is 11.6. The second kappa shape index (κ2) is 4.61. The van der Waals surface area contributed by atoms with Gasteiger partial charge in [-0.05, 0) is 12.8 Å². The molecule has 1 saturated heterocycles. The van der Waals surface area contributed by atoms with Gasteiger partial charge in [-0.1, -0.05) is 13.8 Å². The van der Waals surface area contributed by atoms with Gasteiger partial charge in [0.05, 0.1) is 12.1 Å². The molecule has 0 aromatic carbocycles. The average Bonchev–Trinajstić information content (AvgIpc) is 2.12. The number of carbonyl (C=O) groups excluding carboxylic acids is 2. The van der Waals surface area contributed by atoms with Crippen LogP contribution in [-0.2, 0) is 9.59 Å². The minimum Gasteiger partial charge on any atom is -0.392 e. The third kappa shape index (κ3) is 2.68. The van der Waals surface area contributed by atoms with Crippen molar-refractivity contribution >= 4 is 11.8 Å². The molecule has 0 aliphatic carbocycles. The number of hydrogen-bond acceptors (Lipinski definition) is 3. The highest BCUT2D eigenvalue weighted by Crippen LogP contribution is 2.14. The topological polar surface area (TPSA) is 69.6 Å². The molecule has 0 bridgehead atoms. The van der Waals surface area contributed by atoms with Gasteiger partial charge in [-0.25, -0.2) is 0 Å². The number of nitrogens with zero attached hydrogens (tertiary/aromatic N) is 1. The largest absolute Gasteiger partial charge is 0.392 e. The SMILES string of the molecule is CC(O)CN1C(=O)C(=O)NCC1C(C)C. The van der Waals surface area contributed by atoms with Gasteiger partial charge in [-0.2, -0.15) is 0 Å². The molecule has 2 amide bonds. The molecule has 0 saturated carbocycles. The van der Waals surface area contributed by atoms with Gasteiger partial charge in [-0.15, -0.1) is 0 Å². The standard InChI is InChI=1S/C10H18N2O3/c1-6(2)8-4-11-9(14)10(15)12(8)5-7(3)13/h6-8,13H,4-5H2,1-3H3,(H,11,14). The number of aliphatic hydroxyl groups is 1. The van der Waals surface area contributed by atoms with Crippen LogP contribution in [0, 0.1) is 5.92 Å². The highest BCUT2D eigenvalue weighted by atomic mass is 16.3. The van der Waals surface area contributed by atoms with Crippen LogP contribution in [0.25, 0.3) is 0 Å². The van der Waals surface area contributed by atoms with E-state index in [1.807, 2.05) is 13.8 Å². The molecule has 15 heavy (non-hydrogen) atoms. The fraction of sp³-hybridized carbons (Fsp3) is 0.800. The van der Waals surface area contributed by atoms with Gasteiger partial charge < -0.3 is 15.3 Å². The summed E-state index contributed by atoms with van der Waals surface area (Å²) < 4.78 is 0. The predicted molar refractivity (Wildman–Crippen MR) is 55.0 cm³/mol. The molecule has 0 radical (unpaired) electrons. The molecule has 0 aromatic heterocycles. The summed E-state index contributed by atoms with van der Waals surface area (Å²) in [6, 6.07) is -0.0233. The van der Waals surface area contributed by atoms with E-state index in [0.717, 1.165) is 0 Å². The Hall–Kier alpha value is -1.10. The summed E-state index contributed by atoms with van der Waals surface area (Å²) in [4.78, 5) is 24.2. The lowest BCUT2D eigenvalue weighted by molar-refractivity contribution is -0.152. The third-order valence-corrected chi connectivity index (χ3v) is 2.56. The average molecular weight is 214 g/mol. The van der Waals surface area contributed by atoms with Crippen molar-refractivity contribution < 1.29 is 14.7 Å². The lowest BCUT2D eigenvalue weighted by Gasteiger charge is -2.38. The van der Waals surface area contributed by atoms with Crippen molar-refractivity contribution in [2.24, 2.45) is 5.92 Å². The number of rotatable bonds is 3. The molecule has 2 N–H and O–H groups in total. The van der Waals surface area contributed by atoms with Crippen LogP contribution in [0.2, 0.25) is 0 Å². The van der Waals surface area contributed by atoms with E-state index in [9.17, 15) is 14.7 Å². The quantitative estimate of drug-likeness (QED) is 0.613. The summed E-state index contributed by atoms with van der Waals surface area (Å²) in [5.41, 5.74) is 0. The van der Waals surface area contributed by atoms with Gasteiger partial charge in [0.2, 0.25) is 0 Å². The van der Waals surface area contributed by atoms with E-state index in [-0.39, 0.29) is 18.5 Å². The maximum atomic E-state index is 11.6. The van der Waals surface area contributed by atoms with Crippen LogP contribution in [0.15, 0.2) is 0 Å². The van der Waals surface area contributed by atoms with E-state index < -0.39 is 17.9 Å². The Morgan fingerprint density at radius 3 is 2.53 bits per heavy atom. The molecule has 2 unspecified atom stereocenters. The van der Waals surface area contributed by atoms with E-state index in [4.69, 9.17) is 0 Å². The van der Waals surface area contributed by atoms with E-state index >= 15 is 0 Å². The molecular formula is C10H18N2O3. The van der Waals surface area contributed by atoms with Gasteiger partial charge in [0.1, 0.15) is 0 Å². The van der Waals surface area contributed by atoms with Crippen molar-refractivity contribution in [3.05, 3.63) is 0 Å². The number of aliphatic hydroxyl groups excluding tert-OH is 1. The molecule has 0 aromatic rings. The molecule has 1 rings (SSSR count). The number of amides is 2. The summed E-state index contributed by atoms with van der Waals surface area (Å²) in [6.07, 6.45) is -0.610. The van der Waals surface area contributed by atoms with E-state index in [1.165, 1.54) is 4.90 Å². The van der Waals surface area contributed by atoms with Gasteiger partial charge in [0.25, 0.3) is 0 Å². The summed E-state index contributed by atoms with van der Waals surface area (Å²) in [5.74, 6) is -0.860. The van der Waals surface area contributed by atoms with Crippen molar-refractivity contribution in [3.63, 3.8) is 0 Å². The first-order chi connectivity index (χ1) is 6.93. The first-order valence-corrected chi connectivity index (χ1v) is 5.20. The summed E-state index contributed by atoms with van der Waals surface area (Å²) in [5, 5.41) is 11.8. The van der Waals surface area contributed by atoms with Crippen LogP contribution in [-0.4, -0.2) is 47.1 Å². The van der Waals surface area contributed by atoms with Crippen molar-refractivity contribution in [2.75, 3.05) is 13.1 Å². The van der Waals surface area contributed by atoms with Crippen LogP contribution in [0.1, 0.15) is 20.8 Å². The molecular weight excluding hydrogens is 196 g/mol. The second-order valence-corrected chi connectivity index (χ2v) is 4.33. The Morgan fingerprint density at radius 1 is 1.47 bits per heavy atom. The first kappa shape index (κ1) is 12.0. The van der Waals surface area contributed by atoms with Gasteiger partial charge in [0, 0.05) is 13.1 Å². The first-order valence-electron chi connectivity index (χ1n) is 5.20. The van der Waals surface area contributed by atoms with Crippen molar-refractivity contribution in [2.45, 2.75) is 32.9 Å². The Kier molecular flexibility index (Phi) is 3.68. The van der Waals surface area contributed by atoms with Gasteiger partial charge >= 0.3 is 11.8 Å². The zero-order valence-electron chi connectivity index (χ0n) is 9.36.